The summed E-state index contributed by atoms with van der Waals surface area (Å²) in [5.74, 6) is 1.06. The van der Waals surface area contributed by atoms with Crippen molar-refractivity contribution in [3.63, 3.8) is 0 Å². The van der Waals surface area contributed by atoms with Gasteiger partial charge in [-0.1, -0.05) is 24.3 Å². The first-order chi connectivity index (χ1) is 9.84. The number of nitrogens with one attached hydrogen (secondary N) is 1. The fourth-order valence-corrected chi connectivity index (χ4v) is 2.91. The average molecular weight is 269 g/mol. The minimum absolute atomic E-state index is 0.0107. The molecule has 0 bridgehead atoms. The van der Waals surface area contributed by atoms with E-state index in [1.165, 1.54) is 11.1 Å². The molecular weight excluding hydrogens is 250 g/mol. The Bertz CT molecular complexity index is 574. The normalized spacial score (nSPS) is 17.5. The van der Waals surface area contributed by atoms with Crippen molar-refractivity contribution in [2.45, 2.75) is 31.6 Å². The molecule has 1 amide bonds. The molecule has 0 radical (unpaired) electrons. The molecule has 2 aromatic rings. The first kappa shape index (κ1) is 13.0. The van der Waals surface area contributed by atoms with E-state index in [1.807, 2.05) is 18.2 Å². The molecule has 0 spiro atoms. The highest BCUT2D eigenvalue weighted by Gasteiger charge is 2.25. The van der Waals surface area contributed by atoms with Gasteiger partial charge in [0.15, 0.2) is 0 Å². The molecule has 1 aromatic heterocycles. The number of carbonyl (C=O) groups excluding carboxylic acids is 1. The molecule has 1 aliphatic carbocycles. The van der Waals surface area contributed by atoms with Crippen molar-refractivity contribution >= 4 is 5.91 Å². The predicted octanol–water partition coefficient (Wildman–Crippen LogP) is 3.06. The van der Waals surface area contributed by atoms with E-state index in [1.54, 1.807) is 6.26 Å². The van der Waals surface area contributed by atoms with Gasteiger partial charge in [-0.15, -0.1) is 0 Å². The van der Waals surface area contributed by atoms with Crippen LogP contribution in [0.1, 0.15) is 35.6 Å². The van der Waals surface area contributed by atoms with Crippen LogP contribution >= 0.6 is 0 Å². The lowest BCUT2D eigenvalue weighted by Gasteiger charge is -2.24. The van der Waals surface area contributed by atoms with Crippen LogP contribution in [0.15, 0.2) is 47.1 Å². The maximum atomic E-state index is 12.3. The molecule has 3 rings (SSSR count). The van der Waals surface area contributed by atoms with Gasteiger partial charge in [-0.2, -0.15) is 0 Å². The second kappa shape index (κ2) is 5.95. The van der Waals surface area contributed by atoms with Crippen LogP contribution in [0.4, 0.5) is 0 Å². The van der Waals surface area contributed by atoms with Gasteiger partial charge in [0.25, 0.3) is 0 Å². The SMILES string of the molecule is O=C(NCCc1ccco1)[C@H]1CCCc2ccccc21. The van der Waals surface area contributed by atoms with E-state index in [9.17, 15) is 4.79 Å². The summed E-state index contributed by atoms with van der Waals surface area (Å²) in [6, 6.07) is 12.1. The second-order valence-corrected chi connectivity index (χ2v) is 5.26. The van der Waals surface area contributed by atoms with Crippen molar-refractivity contribution in [2.24, 2.45) is 0 Å². The van der Waals surface area contributed by atoms with Crippen molar-refractivity contribution in [2.75, 3.05) is 6.54 Å². The summed E-state index contributed by atoms with van der Waals surface area (Å²) < 4.78 is 5.27. The van der Waals surface area contributed by atoms with Gasteiger partial charge in [-0.05, 0) is 42.5 Å². The van der Waals surface area contributed by atoms with Gasteiger partial charge in [0.1, 0.15) is 5.76 Å². The Morgan fingerprint density at radius 1 is 1.25 bits per heavy atom. The summed E-state index contributed by atoms with van der Waals surface area (Å²) >= 11 is 0. The van der Waals surface area contributed by atoms with Gasteiger partial charge < -0.3 is 9.73 Å². The van der Waals surface area contributed by atoms with Crippen LogP contribution in [0.5, 0.6) is 0 Å². The molecule has 104 valence electrons. The Morgan fingerprint density at radius 2 is 2.15 bits per heavy atom. The average Bonchev–Trinajstić information content (AvgIpc) is 3.00. The molecule has 1 N–H and O–H groups in total. The van der Waals surface area contributed by atoms with E-state index in [0.717, 1.165) is 31.4 Å². The topological polar surface area (TPSA) is 42.2 Å². The number of hydrogen-bond donors (Lipinski definition) is 1. The van der Waals surface area contributed by atoms with E-state index in [0.29, 0.717) is 6.54 Å². The highest BCUT2D eigenvalue weighted by atomic mass is 16.3. The van der Waals surface area contributed by atoms with Crippen LogP contribution in [0.25, 0.3) is 0 Å². The van der Waals surface area contributed by atoms with E-state index in [2.05, 4.69) is 23.5 Å². The Kier molecular flexibility index (Phi) is 3.86. The number of fused-ring (bicyclic) bond motifs is 1. The number of benzene rings is 1. The lowest BCUT2D eigenvalue weighted by atomic mass is 9.82. The van der Waals surface area contributed by atoms with Gasteiger partial charge in [-0.25, -0.2) is 0 Å². The van der Waals surface area contributed by atoms with Gasteiger partial charge in [-0.3, -0.25) is 4.79 Å². The highest BCUT2D eigenvalue weighted by molar-refractivity contribution is 5.84. The first-order valence-electron chi connectivity index (χ1n) is 7.22. The van der Waals surface area contributed by atoms with Crippen molar-refractivity contribution in [1.82, 2.24) is 5.32 Å². The standard InChI is InChI=1S/C17H19NO2/c19-17(18-11-10-14-7-4-12-20-14)16-9-3-6-13-5-1-2-8-15(13)16/h1-2,4-5,7-8,12,16H,3,6,9-11H2,(H,18,19)/t16-/m0/s1. The molecule has 0 fully saturated rings. The number of furan rings is 1. The Balaban J connectivity index is 1.60. The summed E-state index contributed by atoms with van der Waals surface area (Å²) in [7, 11) is 0. The molecule has 0 saturated carbocycles. The smallest absolute Gasteiger partial charge is 0.227 e. The van der Waals surface area contributed by atoms with Crippen molar-refractivity contribution in [3.8, 4) is 0 Å². The lowest BCUT2D eigenvalue weighted by molar-refractivity contribution is -0.122. The Hall–Kier alpha value is -2.03. The quantitative estimate of drug-likeness (QED) is 0.927. The van der Waals surface area contributed by atoms with Crippen LogP contribution in [0.3, 0.4) is 0 Å². The first-order valence-corrected chi connectivity index (χ1v) is 7.22. The Labute approximate surface area is 119 Å². The molecule has 0 saturated heterocycles. The lowest BCUT2D eigenvalue weighted by Crippen LogP contribution is -2.32. The van der Waals surface area contributed by atoms with Gasteiger partial charge in [0.2, 0.25) is 5.91 Å². The summed E-state index contributed by atoms with van der Waals surface area (Å²) in [6.45, 7) is 0.630. The van der Waals surface area contributed by atoms with Crippen molar-refractivity contribution < 1.29 is 9.21 Å². The van der Waals surface area contributed by atoms with Crippen LogP contribution in [-0.4, -0.2) is 12.5 Å². The largest absolute Gasteiger partial charge is 0.469 e. The third-order valence-electron chi connectivity index (χ3n) is 3.94. The zero-order chi connectivity index (χ0) is 13.8. The zero-order valence-corrected chi connectivity index (χ0v) is 11.5. The fourth-order valence-electron chi connectivity index (χ4n) is 2.91. The van der Waals surface area contributed by atoms with E-state index in [4.69, 9.17) is 4.42 Å². The molecule has 1 heterocycles. The van der Waals surface area contributed by atoms with E-state index < -0.39 is 0 Å². The number of carbonyl (C=O) groups is 1. The number of amides is 1. The third kappa shape index (κ3) is 2.77. The van der Waals surface area contributed by atoms with Crippen LogP contribution in [0.2, 0.25) is 0 Å². The van der Waals surface area contributed by atoms with Gasteiger partial charge in [0.05, 0.1) is 12.2 Å². The molecule has 1 aromatic carbocycles. The molecule has 20 heavy (non-hydrogen) atoms. The summed E-state index contributed by atoms with van der Waals surface area (Å²) in [5.41, 5.74) is 2.53. The van der Waals surface area contributed by atoms with Gasteiger partial charge >= 0.3 is 0 Å². The maximum absolute atomic E-state index is 12.3. The van der Waals surface area contributed by atoms with Crippen molar-refractivity contribution in [3.05, 3.63) is 59.5 Å². The fraction of sp³-hybridized carbons (Fsp3) is 0.353. The highest BCUT2D eigenvalue weighted by Crippen LogP contribution is 2.31. The van der Waals surface area contributed by atoms with Crippen LogP contribution in [-0.2, 0) is 17.6 Å². The minimum Gasteiger partial charge on any atom is -0.469 e. The minimum atomic E-state index is 0.0107. The molecule has 3 nitrogen and oxygen atoms in total. The summed E-state index contributed by atoms with van der Waals surface area (Å²) in [5, 5.41) is 3.03. The maximum Gasteiger partial charge on any atom is 0.227 e. The number of rotatable bonds is 4. The second-order valence-electron chi connectivity index (χ2n) is 5.26. The van der Waals surface area contributed by atoms with Gasteiger partial charge in [0, 0.05) is 13.0 Å². The number of aryl methyl sites for hydroxylation is 1. The molecule has 1 aliphatic rings. The molecule has 0 aliphatic heterocycles. The van der Waals surface area contributed by atoms with E-state index in [-0.39, 0.29) is 11.8 Å². The monoisotopic (exact) mass is 269 g/mol. The predicted molar refractivity (Wildman–Crippen MR) is 77.5 cm³/mol. The van der Waals surface area contributed by atoms with Crippen LogP contribution < -0.4 is 5.32 Å². The zero-order valence-electron chi connectivity index (χ0n) is 11.5. The van der Waals surface area contributed by atoms with Crippen molar-refractivity contribution in [1.29, 1.82) is 0 Å². The molecular formula is C17H19NO2. The van der Waals surface area contributed by atoms with Crippen LogP contribution in [0, 0.1) is 0 Å². The third-order valence-corrected chi connectivity index (χ3v) is 3.94. The Morgan fingerprint density at radius 3 is 3.00 bits per heavy atom. The van der Waals surface area contributed by atoms with E-state index >= 15 is 0 Å². The molecule has 0 unspecified atom stereocenters. The molecule has 1 atom stereocenters. The molecule has 3 heteroatoms. The number of hydrogen-bond acceptors (Lipinski definition) is 2. The summed E-state index contributed by atoms with van der Waals surface area (Å²) in [6.07, 6.45) is 5.53. The summed E-state index contributed by atoms with van der Waals surface area (Å²) in [4.78, 5) is 12.3.